The van der Waals surface area contributed by atoms with E-state index in [2.05, 4.69) is 26.1 Å². The van der Waals surface area contributed by atoms with Crippen LogP contribution in [0.3, 0.4) is 0 Å². The van der Waals surface area contributed by atoms with Gasteiger partial charge < -0.3 is 30.2 Å². The van der Waals surface area contributed by atoms with Crippen LogP contribution >= 0.6 is 0 Å². The van der Waals surface area contributed by atoms with Gasteiger partial charge in [0.15, 0.2) is 23.0 Å². The summed E-state index contributed by atoms with van der Waals surface area (Å²) < 4.78 is 19.0. The maximum atomic E-state index is 13.9. The van der Waals surface area contributed by atoms with Crippen molar-refractivity contribution in [2.45, 2.75) is 58.7 Å². The highest BCUT2D eigenvalue weighted by Gasteiger charge is 2.30. The average molecular weight is 629 g/mol. The zero-order chi connectivity index (χ0) is 33.1. The zero-order valence-corrected chi connectivity index (χ0v) is 27.1. The van der Waals surface area contributed by atoms with Crippen molar-refractivity contribution >= 4 is 23.1 Å². The average Bonchev–Trinajstić information content (AvgIpc) is 3.33. The summed E-state index contributed by atoms with van der Waals surface area (Å²) in [6.45, 7) is 7.11. The minimum atomic E-state index is -0.742. The number of aromatic nitrogens is 3. The lowest BCUT2D eigenvalue weighted by Gasteiger charge is -2.24. The van der Waals surface area contributed by atoms with E-state index >= 15 is 0 Å². The van der Waals surface area contributed by atoms with Crippen LogP contribution in [0.1, 0.15) is 63.2 Å². The number of nitrogens with one attached hydrogen (secondary N) is 3. The molecular formula is C34H40N6O6. The maximum Gasteiger partial charge on any atom is 0.243 e. The number of methoxy groups -OCH3 is 3. The number of ether oxygens (including phenoxy) is 3. The molecule has 1 aliphatic carbocycles. The smallest absolute Gasteiger partial charge is 0.243 e. The van der Waals surface area contributed by atoms with Crippen LogP contribution in [0.5, 0.6) is 17.2 Å². The second-order valence-corrected chi connectivity index (χ2v) is 11.7. The molecule has 0 fully saturated rings. The number of fused-ring (bicyclic) bond motifs is 4. The van der Waals surface area contributed by atoms with Crippen molar-refractivity contribution in [1.82, 2.24) is 25.2 Å². The van der Waals surface area contributed by atoms with Crippen molar-refractivity contribution < 1.29 is 23.8 Å². The van der Waals surface area contributed by atoms with Gasteiger partial charge in [0.1, 0.15) is 6.04 Å². The molecule has 2 amide bonds. The van der Waals surface area contributed by atoms with Gasteiger partial charge in [0.05, 0.1) is 39.1 Å². The van der Waals surface area contributed by atoms with Crippen LogP contribution in [0.2, 0.25) is 0 Å². The van der Waals surface area contributed by atoms with Crippen LogP contribution < -0.4 is 35.6 Å². The number of hydrogen-bond donors (Lipinski definition) is 3. The fourth-order valence-electron chi connectivity index (χ4n) is 6.05. The van der Waals surface area contributed by atoms with Gasteiger partial charge in [0.2, 0.25) is 23.0 Å². The SMILES string of the molecule is COc1cc2c(c(OC)c1OC)-c1ccc(NC(C(=O)NC(C)c3nnc4ccccn34)C(C)C)c(=O)cc1C(NC(C)=O)CC2. The van der Waals surface area contributed by atoms with E-state index in [4.69, 9.17) is 14.2 Å². The minimum Gasteiger partial charge on any atom is -0.493 e. The molecule has 12 nitrogen and oxygen atoms in total. The molecule has 0 bridgehead atoms. The third-order valence-electron chi connectivity index (χ3n) is 8.26. The number of carbonyl (C=O) groups excluding carboxylic acids is 2. The number of pyridine rings is 1. The molecule has 12 heteroatoms. The van der Waals surface area contributed by atoms with Gasteiger partial charge in [-0.25, -0.2) is 0 Å². The Labute approximate surface area is 267 Å². The van der Waals surface area contributed by atoms with Crippen LogP contribution in [-0.4, -0.2) is 53.8 Å². The van der Waals surface area contributed by atoms with Crippen LogP contribution in [0, 0.1) is 5.92 Å². The van der Waals surface area contributed by atoms with E-state index in [0.717, 1.165) is 11.1 Å². The van der Waals surface area contributed by atoms with Gasteiger partial charge in [-0.05, 0) is 72.7 Å². The van der Waals surface area contributed by atoms with Crippen LogP contribution in [0.25, 0.3) is 16.8 Å². The topological polar surface area (TPSA) is 145 Å². The Morgan fingerprint density at radius 1 is 0.978 bits per heavy atom. The predicted octanol–water partition coefficient (Wildman–Crippen LogP) is 4.22. The van der Waals surface area contributed by atoms with E-state index in [-0.39, 0.29) is 28.8 Å². The summed E-state index contributed by atoms with van der Waals surface area (Å²) in [6.07, 6.45) is 2.97. The normalized spacial score (nSPS) is 15.2. The number of benzene rings is 1. The highest BCUT2D eigenvalue weighted by Crippen LogP contribution is 2.50. The third-order valence-corrected chi connectivity index (χ3v) is 8.26. The summed E-state index contributed by atoms with van der Waals surface area (Å²) in [4.78, 5) is 39.8. The van der Waals surface area contributed by atoms with Crippen molar-refractivity contribution in [1.29, 1.82) is 0 Å². The Morgan fingerprint density at radius 3 is 2.41 bits per heavy atom. The summed E-state index contributed by atoms with van der Waals surface area (Å²) in [6, 6.07) is 10.9. The molecule has 242 valence electrons. The first-order chi connectivity index (χ1) is 22.1. The highest BCUT2D eigenvalue weighted by atomic mass is 16.5. The number of amides is 2. The first-order valence-corrected chi connectivity index (χ1v) is 15.2. The van der Waals surface area contributed by atoms with E-state index in [9.17, 15) is 14.4 Å². The molecule has 0 spiro atoms. The van der Waals surface area contributed by atoms with Crippen LogP contribution in [0.15, 0.2) is 53.5 Å². The van der Waals surface area contributed by atoms with Gasteiger partial charge in [-0.1, -0.05) is 26.0 Å². The molecule has 46 heavy (non-hydrogen) atoms. The molecule has 5 rings (SSSR count). The summed E-state index contributed by atoms with van der Waals surface area (Å²) >= 11 is 0. The molecule has 2 aromatic heterocycles. The highest BCUT2D eigenvalue weighted by molar-refractivity contribution is 5.86. The van der Waals surface area contributed by atoms with Crippen molar-refractivity contribution in [3.05, 3.63) is 75.8 Å². The van der Waals surface area contributed by atoms with Crippen molar-refractivity contribution in [2.24, 2.45) is 5.92 Å². The maximum absolute atomic E-state index is 13.9. The molecule has 3 N–H and O–H groups in total. The monoisotopic (exact) mass is 628 g/mol. The summed E-state index contributed by atoms with van der Waals surface area (Å²) in [7, 11) is 4.65. The van der Waals surface area contributed by atoms with E-state index in [1.807, 2.05) is 61.7 Å². The Hall–Kier alpha value is -5.13. The molecule has 2 aromatic carbocycles. The molecule has 3 atom stereocenters. The summed E-state index contributed by atoms with van der Waals surface area (Å²) in [5, 5.41) is 17.7. The standard InChI is InChI=1S/C34H40N6O6/c1-18(2)30(34(43)35-19(3)33-39-38-28-10-8-9-15-40(28)33)37-25-14-12-22-23(17-26(25)42)24(36-20(4)41)13-11-21-16-27(44-5)31(45-6)32(46-7)29(21)22/h8-10,12,14-19,24,30H,11,13H2,1-7H3,(H,35,43)(H,36,41)(H,37,42). The number of hydrogen-bond acceptors (Lipinski definition) is 9. The first kappa shape index (κ1) is 32.3. The zero-order valence-electron chi connectivity index (χ0n) is 27.1. The molecular weight excluding hydrogens is 588 g/mol. The Kier molecular flexibility index (Phi) is 9.45. The van der Waals surface area contributed by atoms with Gasteiger partial charge in [-0.3, -0.25) is 18.8 Å². The lowest BCUT2D eigenvalue weighted by Crippen LogP contribution is -2.44. The molecule has 2 heterocycles. The molecule has 1 aliphatic rings. The Morgan fingerprint density at radius 2 is 1.74 bits per heavy atom. The number of nitrogens with zero attached hydrogens (tertiary/aromatic N) is 3. The lowest BCUT2D eigenvalue weighted by molar-refractivity contribution is -0.123. The number of carbonyl (C=O) groups is 2. The number of anilines is 1. The van der Waals surface area contributed by atoms with E-state index in [0.29, 0.717) is 52.7 Å². The van der Waals surface area contributed by atoms with Crippen molar-refractivity contribution in [3.8, 4) is 28.4 Å². The predicted molar refractivity (Wildman–Crippen MR) is 174 cm³/mol. The van der Waals surface area contributed by atoms with Gasteiger partial charge in [-0.2, -0.15) is 0 Å². The van der Waals surface area contributed by atoms with E-state index in [1.165, 1.54) is 20.1 Å². The van der Waals surface area contributed by atoms with Crippen molar-refractivity contribution in [3.63, 3.8) is 0 Å². The van der Waals surface area contributed by atoms with Crippen LogP contribution in [0.4, 0.5) is 5.69 Å². The molecule has 0 saturated carbocycles. The Balaban J connectivity index is 1.56. The molecule has 3 unspecified atom stereocenters. The van der Waals surface area contributed by atoms with E-state index < -0.39 is 18.1 Å². The molecule has 0 aliphatic heterocycles. The second-order valence-electron chi connectivity index (χ2n) is 11.7. The molecule has 4 aromatic rings. The van der Waals surface area contributed by atoms with Crippen molar-refractivity contribution in [2.75, 3.05) is 26.6 Å². The molecule has 0 radical (unpaired) electrons. The lowest BCUT2D eigenvalue weighted by atomic mass is 9.95. The Bertz CT molecular complexity index is 1840. The number of rotatable bonds is 10. The summed E-state index contributed by atoms with van der Waals surface area (Å²) in [5.41, 5.74) is 3.60. The number of aryl methyl sites for hydroxylation is 1. The fourth-order valence-corrected chi connectivity index (χ4v) is 6.05. The van der Waals surface area contributed by atoms with Gasteiger partial charge >= 0.3 is 0 Å². The summed E-state index contributed by atoms with van der Waals surface area (Å²) in [5.74, 6) is 1.32. The largest absolute Gasteiger partial charge is 0.493 e. The third kappa shape index (κ3) is 6.19. The van der Waals surface area contributed by atoms with Gasteiger partial charge in [-0.15, -0.1) is 10.2 Å². The van der Waals surface area contributed by atoms with Gasteiger partial charge in [0, 0.05) is 18.7 Å². The van der Waals surface area contributed by atoms with Crippen LogP contribution in [-0.2, 0) is 16.0 Å². The van der Waals surface area contributed by atoms with E-state index in [1.54, 1.807) is 20.3 Å². The fraction of sp³-hybridized carbons (Fsp3) is 0.382. The quantitative estimate of drug-likeness (QED) is 0.235. The minimum absolute atomic E-state index is 0.172. The van der Waals surface area contributed by atoms with Gasteiger partial charge in [0.25, 0.3) is 0 Å². The second kappa shape index (κ2) is 13.5. The first-order valence-electron chi connectivity index (χ1n) is 15.2. The molecule has 0 saturated heterocycles.